The Hall–Kier alpha value is -1.65. The lowest BCUT2D eigenvalue weighted by Crippen LogP contribution is -2.39. The summed E-state index contributed by atoms with van der Waals surface area (Å²) in [5.74, 6) is 1.82. The number of aliphatic imine (C=N–C) groups is 1. The topological polar surface area (TPSA) is 85.0 Å². The highest BCUT2D eigenvalue weighted by atomic mass is 127. The minimum absolute atomic E-state index is 0. The summed E-state index contributed by atoms with van der Waals surface area (Å²) in [4.78, 5) is 4.25. The van der Waals surface area contributed by atoms with E-state index in [9.17, 15) is 0 Å². The lowest BCUT2D eigenvalue weighted by molar-refractivity contribution is 0.554. The third kappa shape index (κ3) is 6.63. The number of aryl methyl sites for hydroxylation is 4. The van der Waals surface area contributed by atoms with E-state index in [1.807, 2.05) is 11.6 Å². The quantitative estimate of drug-likeness (QED) is 0.270. The van der Waals surface area contributed by atoms with E-state index in [2.05, 4.69) is 55.4 Å². The summed E-state index contributed by atoms with van der Waals surface area (Å²) in [7, 11) is 1.78. The Bertz CT molecular complexity index is 661. The zero-order chi connectivity index (χ0) is 17.4. The van der Waals surface area contributed by atoms with Crippen molar-refractivity contribution in [2.24, 2.45) is 4.99 Å². The van der Waals surface area contributed by atoms with Gasteiger partial charge in [0.1, 0.15) is 12.2 Å². The van der Waals surface area contributed by atoms with Gasteiger partial charge in [-0.2, -0.15) is 5.10 Å². The number of hydrogen-bond acceptors (Lipinski definition) is 4. The van der Waals surface area contributed by atoms with Gasteiger partial charge in [0.15, 0.2) is 5.96 Å². The van der Waals surface area contributed by atoms with Crippen molar-refractivity contribution in [3.05, 3.63) is 29.6 Å². The van der Waals surface area contributed by atoms with E-state index < -0.39 is 0 Å². The number of nitrogens with zero attached hydrogens (tertiary/aromatic N) is 6. The van der Waals surface area contributed by atoms with Crippen LogP contribution in [0.15, 0.2) is 17.4 Å². The Balaban J connectivity index is 0.00000312. The number of hydrogen-bond donors (Lipinski definition) is 2. The van der Waals surface area contributed by atoms with Crippen molar-refractivity contribution >= 4 is 29.9 Å². The number of rotatable bonds is 8. The molecule has 0 aliphatic rings. The second-order valence-electron chi connectivity index (χ2n) is 5.72. The van der Waals surface area contributed by atoms with Crippen LogP contribution in [0.25, 0.3) is 0 Å². The second-order valence-corrected chi connectivity index (χ2v) is 5.72. The fraction of sp³-hybridized carbons (Fsp3) is 0.625. The molecular weight excluding hydrogens is 431 g/mol. The molecule has 0 aliphatic carbocycles. The summed E-state index contributed by atoms with van der Waals surface area (Å²) in [5, 5.41) is 19.1. The van der Waals surface area contributed by atoms with E-state index in [4.69, 9.17) is 0 Å². The molecule has 140 valence electrons. The Morgan fingerprint density at radius 1 is 1.20 bits per heavy atom. The third-order valence-electron chi connectivity index (χ3n) is 3.82. The van der Waals surface area contributed by atoms with Crippen LogP contribution in [0.2, 0.25) is 0 Å². The van der Waals surface area contributed by atoms with Crippen molar-refractivity contribution < 1.29 is 0 Å². The molecule has 2 aromatic rings. The molecule has 0 spiro atoms. The normalized spacial score (nSPS) is 11.3. The smallest absolute Gasteiger partial charge is 0.191 e. The minimum Gasteiger partial charge on any atom is -0.356 e. The van der Waals surface area contributed by atoms with Gasteiger partial charge in [0, 0.05) is 45.3 Å². The average Bonchev–Trinajstić information content (AvgIpc) is 3.15. The van der Waals surface area contributed by atoms with Gasteiger partial charge in [-0.3, -0.25) is 9.67 Å². The van der Waals surface area contributed by atoms with E-state index in [-0.39, 0.29) is 24.0 Å². The van der Waals surface area contributed by atoms with Gasteiger partial charge in [0.05, 0.1) is 5.69 Å². The number of aromatic nitrogens is 5. The molecule has 2 N–H and O–H groups in total. The molecule has 0 atom stereocenters. The van der Waals surface area contributed by atoms with Crippen molar-refractivity contribution in [3.63, 3.8) is 0 Å². The van der Waals surface area contributed by atoms with Crippen molar-refractivity contribution in [1.29, 1.82) is 0 Å². The first kappa shape index (κ1) is 21.4. The molecule has 2 heterocycles. The predicted molar refractivity (Wildman–Crippen MR) is 110 cm³/mol. The van der Waals surface area contributed by atoms with Gasteiger partial charge in [-0.1, -0.05) is 6.92 Å². The largest absolute Gasteiger partial charge is 0.356 e. The van der Waals surface area contributed by atoms with E-state index in [1.54, 1.807) is 13.4 Å². The van der Waals surface area contributed by atoms with Crippen molar-refractivity contribution in [2.75, 3.05) is 20.1 Å². The monoisotopic (exact) mass is 460 g/mol. The molecule has 8 nitrogen and oxygen atoms in total. The summed E-state index contributed by atoms with van der Waals surface area (Å²) in [6.45, 7) is 9.55. The van der Waals surface area contributed by atoms with E-state index in [1.165, 1.54) is 5.69 Å². The van der Waals surface area contributed by atoms with Crippen molar-refractivity contribution in [2.45, 2.75) is 46.7 Å². The summed E-state index contributed by atoms with van der Waals surface area (Å²) in [6.07, 6.45) is 3.65. The Labute approximate surface area is 166 Å². The first-order chi connectivity index (χ1) is 11.6. The minimum atomic E-state index is 0. The Kier molecular flexibility index (Phi) is 9.46. The van der Waals surface area contributed by atoms with E-state index in [0.717, 1.165) is 56.5 Å². The zero-order valence-corrected chi connectivity index (χ0v) is 17.8. The fourth-order valence-corrected chi connectivity index (χ4v) is 2.59. The summed E-state index contributed by atoms with van der Waals surface area (Å²) < 4.78 is 4.11. The lowest BCUT2D eigenvalue weighted by atomic mass is 10.4. The van der Waals surface area contributed by atoms with Gasteiger partial charge in [-0.15, -0.1) is 34.2 Å². The maximum absolute atomic E-state index is 4.47. The van der Waals surface area contributed by atoms with Crippen LogP contribution < -0.4 is 10.6 Å². The van der Waals surface area contributed by atoms with Gasteiger partial charge in [-0.05, 0) is 26.3 Å². The molecule has 25 heavy (non-hydrogen) atoms. The summed E-state index contributed by atoms with van der Waals surface area (Å²) in [6, 6.07) is 2.10. The highest BCUT2D eigenvalue weighted by Crippen LogP contribution is 2.02. The van der Waals surface area contributed by atoms with Crippen LogP contribution in [0, 0.1) is 13.8 Å². The highest BCUT2D eigenvalue weighted by Gasteiger charge is 2.03. The van der Waals surface area contributed by atoms with Gasteiger partial charge in [0.25, 0.3) is 0 Å². The standard InChI is InChI=1S/C16H28N8.HI/c1-5-15-21-20-12-23(15)10-8-19-16(17-4)18-7-6-9-24-14(3)11-13(2)22-24;/h11-12H,5-10H2,1-4H3,(H2,17,18,19);1H. The SMILES string of the molecule is CCc1nncn1CCNC(=NC)NCCCn1nc(C)cc1C.I. The third-order valence-corrected chi connectivity index (χ3v) is 3.82. The summed E-state index contributed by atoms with van der Waals surface area (Å²) in [5.41, 5.74) is 2.27. The molecule has 0 saturated carbocycles. The Morgan fingerprint density at radius 3 is 2.60 bits per heavy atom. The molecule has 0 fully saturated rings. The molecule has 0 aromatic carbocycles. The van der Waals surface area contributed by atoms with Crippen LogP contribution in [0.1, 0.15) is 30.6 Å². The lowest BCUT2D eigenvalue weighted by Gasteiger charge is -2.13. The molecular formula is C16H29IN8. The molecule has 2 aromatic heterocycles. The second kappa shape index (κ2) is 11.1. The molecule has 0 radical (unpaired) electrons. The van der Waals surface area contributed by atoms with Crippen LogP contribution in [0.3, 0.4) is 0 Å². The van der Waals surface area contributed by atoms with Gasteiger partial charge in [0.2, 0.25) is 0 Å². The van der Waals surface area contributed by atoms with Gasteiger partial charge < -0.3 is 15.2 Å². The van der Waals surface area contributed by atoms with Crippen LogP contribution in [-0.4, -0.2) is 50.6 Å². The van der Waals surface area contributed by atoms with Crippen LogP contribution in [0.5, 0.6) is 0 Å². The van der Waals surface area contributed by atoms with Crippen molar-refractivity contribution in [1.82, 2.24) is 35.2 Å². The summed E-state index contributed by atoms with van der Waals surface area (Å²) >= 11 is 0. The maximum atomic E-state index is 4.47. The van der Waals surface area contributed by atoms with Crippen molar-refractivity contribution in [3.8, 4) is 0 Å². The predicted octanol–water partition coefficient (Wildman–Crippen LogP) is 1.53. The molecule has 2 rings (SSSR count). The molecule has 0 bridgehead atoms. The van der Waals surface area contributed by atoms with E-state index >= 15 is 0 Å². The number of nitrogens with one attached hydrogen (secondary N) is 2. The van der Waals surface area contributed by atoms with E-state index in [0.29, 0.717) is 0 Å². The number of halogens is 1. The molecule has 0 amide bonds. The first-order valence-corrected chi connectivity index (χ1v) is 8.46. The number of guanidine groups is 1. The Morgan fingerprint density at radius 2 is 1.96 bits per heavy atom. The molecule has 0 saturated heterocycles. The molecule has 0 aliphatic heterocycles. The van der Waals surface area contributed by atoms with Crippen LogP contribution in [0.4, 0.5) is 0 Å². The van der Waals surface area contributed by atoms with Gasteiger partial charge >= 0.3 is 0 Å². The molecule has 0 unspecified atom stereocenters. The van der Waals surface area contributed by atoms with Crippen LogP contribution >= 0.6 is 24.0 Å². The zero-order valence-electron chi connectivity index (χ0n) is 15.5. The average molecular weight is 460 g/mol. The fourth-order valence-electron chi connectivity index (χ4n) is 2.59. The van der Waals surface area contributed by atoms with Crippen LogP contribution in [-0.2, 0) is 19.5 Å². The maximum Gasteiger partial charge on any atom is 0.191 e. The molecule has 9 heteroatoms. The highest BCUT2D eigenvalue weighted by molar-refractivity contribution is 14.0. The first-order valence-electron chi connectivity index (χ1n) is 8.46. The van der Waals surface area contributed by atoms with Gasteiger partial charge in [-0.25, -0.2) is 0 Å².